The van der Waals surface area contributed by atoms with Gasteiger partial charge in [-0.15, -0.1) is 0 Å². The van der Waals surface area contributed by atoms with E-state index >= 15 is 0 Å². The van der Waals surface area contributed by atoms with E-state index in [0.717, 1.165) is 31.1 Å². The highest BCUT2D eigenvalue weighted by atomic mass is 16.5. The van der Waals surface area contributed by atoms with Crippen LogP contribution in [0.25, 0.3) is 0 Å². The van der Waals surface area contributed by atoms with Gasteiger partial charge in [0.25, 0.3) is 0 Å². The van der Waals surface area contributed by atoms with E-state index in [9.17, 15) is 0 Å². The highest BCUT2D eigenvalue weighted by Gasteiger charge is 2.29. The largest absolute Gasteiger partial charge is 0.377 e. The molecule has 1 aromatic heterocycles. The molecule has 2 heterocycles. The molecule has 5 heteroatoms. The third-order valence-corrected chi connectivity index (χ3v) is 4.06. The van der Waals surface area contributed by atoms with E-state index in [4.69, 9.17) is 9.47 Å². The number of aromatic nitrogens is 2. The van der Waals surface area contributed by atoms with Gasteiger partial charge in [-0.2, -0.15) is 0 Å². The van der Waals surface area contributed by atoms with Crippen molar-refractivity contribution >= 4 is 5.82 Å². The molecule has 0 amide bonds. The van der Waals surface area contributed by atoms with E-state index < -0.39 is 0 Å². The molecule has 5 nitrogen and oxygen atoms in total. The highest BCUT2D eigenvalue weighted by Crippen LogP contribution is 2.34. The third kappa shape index (κ3) is 4.06. The van der Waals surface area contributed by atoms with Crippen LogP contribution in [0.5, 0.6) is 0 Å². The summed E-state index contributed by atoms with van der Waals surface area (Å²) >= 11 is 0. The topological polar surface area (TPSA) is 56.3 Å². The molecule has 1 saturated heterocycles. The van der Waals surface area contributed by atoms with Gasteiger partial charge in [-0.3, -0.25) is 0 Å². The summed E-state index contributed by atoms with van der Waals surface area (Å²) in [5, 5.41) is 3.44. The van der Waals surface area contributed by atoms with Gasteiger partial charge in [0.15, 0.2) is 5.82 Å². The Bertz CT molecular complexity index is 633. The van der Waals surface area contributed by atoms with Crippen molar-refractivity contribution in [2.45, 2.75) is 26.1 Å². The second kappa shape index (κ2) is 7.53. The van der Waals surface area contributed by atoms with Gasteiger partial charge in [0.05, 0.1) is 6.10 Å². The molecule has 1 fully saturated rings. The average molecular weight is 313 g/mol. The van der Waals surface area contributed by atoms with Crippen LogP contribution in [0.4, 0.5) is 5.82 Å². The SMILES string of the molecule is COCc1nc(C)cc(NC[C@H]2CCO[C@@H]2c2ccccc2)n1. The summed E-state index contributed by atoms with van der Waals surface area (Å²) in [4.78, 5) is 8.86. The van der Waals surface area contributed by atoms with E-state index in [1.807, 2.05) is 19.1 Å². The van der Waals surface area contributed by atoms with Crippen LogP contribution in [0.15, 0.2) is 36.4 Å². The molecule has 0 spiro atoms. The maximum absolute atomic E-state index is 5.93. The minimum absolute atomic E-state index is 0.157. The molecule has 1 aliphatic heterocycles. The zero-order valence-corrected chi connectivity index (χ0v) is 13.7. The van der Waals surface area contributed by atoms with Crippen LogP contribution < -0.4 is 5.32 Å². The maximum Gasteiger partial charge on any atom is 0.156 e. The Kier molecular flexibility index (Phi) is 5.20. The number of methoxy groups -OCH3 is 1. The van der Waals surface area contributed by atoms with Crippen molar-refractivity contribution < 1.29 is 9.47 Å². The fraction of sp³-hybridized carbons (Fsp3) is 0.444. The fourth-order valence-electron chi connectivity index (χ4n) is 3.00. The number of nitrogens with one attached hydrogen (secondary N) is 1. The lowest BCUT2D eigenvalue weighted by atomic mass is 9.95. The first-order valence-electron chi connectivity index (χ1n) is 8.00. The number of benzene rings is 1. The Hall–Kier alpha value is -1.98. The number of nitrogens with zero attached hydrogens (tertiary/aromatic N) is 2. The van der Waals surface area contributed by atoms with Crippen LogP contribution in [0, 0.1) is 12.8 Å². The molecule has 0 bridgehead atoms. The standard InChI is InChI=1S/C18H23N3O2/c1-13-10-16(21-17(20-13)12-22-2)19-11-15-8-9-23-18(15)14-6-4-3-5-7-14/h3-7,10,15,18H,8-9,11-12H2,1-2H3,(H,19,20,21)/t15-,18-/m1/s1. The monoisotopic (exact) mass is 313 g/mol. The predicted molar refractivity (Wildman–Crippen MR) is 89.2 cm³/mol. The van der Waals surface area contributed by atoms with Crippen LogP contribution in [0.3, 0.4) is 0 Å². The van der Waals surface area contributed by atoms with Crippen LogP contribution in [0.1, 0.15) is 29.6 Å². The van der Waals surface area contributed by atoms with Crippen LogP contribution >= 0.6 is 0 Å². The van der Waals surface area contributed by atoms with Gasteiger partial charge < -0.3 is 14.8 Å². The molecule has 1 aromatic carbocycles. The summed E-state index contributed by atoms with van der Waals surface area (Å²) in [5.74, 6) is 2.00. The molecule has 0 aliphatic carbocycles. The van der Waals surface area contributed by atoms with Crippen LogP contribution in [0.2, 0.25) is 0 Å². The average Bonchev–Trinajstić information content (AvgIpc) is 3.02. The van der Waals surface area contributed by atoms with Gasteiger partial charge in [0.1, 0.15) is 12.4 Å². The van der Waals surface area contributed by atoms with E-state index in [2.05, 4.69) is 39.6 Å². The lowest BCUT2D eigenvalue weighted by molar-refractivity contribution is 0.0933. The summed E-state index contributed by atoms with van der Waals surface area (Å²) in [6.07, 6.45) is 1.21. The minimum Gasteiger partial charge on any atom is -0.377 e. The molecule has 2 atom stereocenters. The first-order valence-corrected chi connectivity index (χ1v) is 8.00. The van der Waals surface area contributed by atoms with Gasteiger partial charge in [-0.05, 0) is 18.9 Å². The Labute approximate surface area is 137 Å². The number of hydrogen-bond acceptors (Lipinski definition) is 5. The van der Waals surface area contributed by atoms with Crippen LogP contribution in [-0.4, -0.2) is 30.2 Å². The summed E-state index contributed by atoms with van der Waals surface area (Å²) < 4.78 is 11.1. The molecular formula is C18H23N3O2. The molecule has 23 heavy (non-hydrogen) atoms. The summed E-state index contributed by atoms with van der Waals surface area (Å²) in [7, 11) is 1.65. The van der Waals surface area contributed by atoms with E-state index in [1.54, 1.807) is 7.11 Å². The second-order valence-electron chi connectivity index (χ2n) is 5.88. The molecule has 2 aromatic rings. The first-order chi connectivity index (χ1) is 11.3. The van der Waals surface area contributed by atoms with E-state index in [1.165, 1.54) is 5.56 Å². The van der Waals surface area contributed by atoms with Crippen LogP contribution in [-0.2, 0) is 16.1 Å². The Morgan fingerprint density at radius 3 is 2.87 bits per heavy atom. The lowest BCUT2D eigenvalue weighted by Crippen LogP contribution is -2.19. The zero-order chi connectivity index (χ0) is 16.1. The van der Waals surface area contributed by atoms with Crippen molar-refractivity contribution in [3.8, 4) is 0 Å². The smallest absolute Gasteiger partial charge is 0.156 e. The Balaban J connectivity index is 1.65. The third-order valence-electron chi connectivity index (χ3n) is 4.06. The van der Waals surface area contributed by atoms with Crippen molar-refractivity contribution in [2.75, 3.05) is 25.6 Å². The Morgan fingerprint density at radius 1 is 1.26 bits per heavy atom. The van der Waals surface area contributed by atoms with Crippen molar-refractivity contribution in [1.82, 2.24) is 9.97 Å². The normalized spacial score (nSPS) is 20.6. The molecule has 1 N–H and O–H groups in total. The number of aryl methyl sites for hydroxylation is 1. The number of rotatable bonds is 6. The first kappa shape index (κ1) is 15.9. The van der Waals surface area contributed by atoms with Gasteiger partial charge in [-0.1, -0.05) is 30.3 Å². The van der Waals surface area contributed by atoms with Gasteiger partial charge in [-0.25, -0.2) is 9.97 Å². The van der Waals surface area contributed by atoms with Crippen molar-refractivity contribution in [1.29, 1.82) is 0 Å². The quantitative estimate of drug-likeness (QED) is 0.888. The predicted octanol–water partition coefficient (Wildman–Crippen LogP) is 3.12. The number of anilines is 1. The molecule has 0 unspecified atom stereocenters. The molecule has 3 rings (SSSR count). The fourth-order valence-corrected chi connectivity index (χ4v) is 3.00. The number of hydrogen-bond donors (Lipinski definition) is 1. The lowest BCUT2D eigenvalue weighted by Gasteiger charge is -2.20. The molecular weight excluding hydrogens is 290 g/mol. The van der Waals surface area contributed by atoms with Crippen molar-refractivity contribution in [3.05, 3.63) is 53.5 Å². The van der Waals surface area contributed by atoms with Crippen molar-refractivity contribution in [2.24, 2.45) is 5.92 Å². The maximum atomic E-state index is 5.93. The summed E-state index contributed by atoms with van der Waals surface area (Å²) in [6, 6.07) is 12.4. The highest BCUT2D eigenvalue weighted by molar-refractivity contribution is 5.36. The molecule has 0 saturated carbocycles. The summed E-state index contributed by atoms with van der Waals surface area (Å²) in [6.45, 7) is 4.04. The van der Waals surface area contributed by atoms with E-state index in [0.29, 0.717) is 18.3 Å². The Morgan fingerprint density at radius 2 is 2.09 bits per heavy atom. The zero-order valence-electron chi connectivity index (χ0n) is 13.7. The van der Waals surface area contributed by atoms with E-state index in [-0.39, 0.29) is 6.10 Å². The van der Waals surface area contributed by atoms with Crippen molar-refractivity contribution in [3.63, 3.8) is 0 Å². The molecule has 122 valence electrons. The van der Waals surface area contributed by atoms with Gasteiger partial charge in [0, 0.05) is 37.9 Å². The number of ether oxygens (including phenoxy) is 2. The molecule has 0 radical (unpaired) electrons. The molecule has 1 aliphatic rings. The minimum atomic E-state index is 0.157. The van der Waals surface area contributed by atoms with Gasteiger partial charge >= 0.3 is 0 Å². The van der Waals surface area contributed by atoms with Gasteiger partial charge in [0.2, 0.25) is 0 Å². The summed E-state index contributed by atoms with van der Waals surface area (Å²) in [5.41, 5.74) is 2.19. The second-order valence-corrected chi connectivity index (χ2v) is 5.88.